The standard InChI is InChI=1S/C37H40Cl4N8O4S/c1-2-3-4-5-6-7-8-9-10-11-12-16-31(50)42-25-17-18-27(39)30(22-25)43-34-33(35(51)49(45-34)32-28(40)20-24(38)21-29(32)41)54-37-44-46-47-48(37)26-15-13-14-23(19-26)36(52)53/h13-15,17-22,33H,2-12,16H2,1H3,(H,42,50)(H,43,45)(H,52,53). The van der Waals surface area contributed by atoms with Crippen molar-refractivity contribution in [2.24, 2.45) is 4.99 Å². The number of amides is 2. The number of aromatic carboxylic acids is 1. The second kappa shape index (κ2) is 20.2. The normalized spacial score (nSPS) is 14.8. The molecule has 0 spiro atoms. The Morgan fingerprint density at radius 3 is 2.22 bits per heavy atom. The predicted octanol–water partition coefficient (Wildman–Crippen LogP) is 10.4. The number of aromatic nitrogens is 4. The molecule has 2 heterocycles. The number of rotatable bonds is 19. The lowest BCUT2D eigenvalue weighted by atomic mass is 10.1. The molecule has 1 atom stereocenters. The van der Waals surface area contributed by atoms with Crippen LogP contribution in [0.15, 0.2) is 64.7 Å². The Kier molecular flexibility index (Phi) is 15.4. The van der Waals surface area contributed by atoms with Crippen LogP contribution in [0.25, 0.3) is 5.69 Å². The molecule has 1 saturated heterocycles. The van der Waals surface area contributed by atoms with Crippen molar-refractivity contribution in [2.75, 3.05) is 10.3 Å². The van der Waals surface area contributed by atoms with Crippen LogP contribution in [0.5, 0.6) is 0 Å². The lowest BCUT2D eigenvalue weighted by Crippen LogP contribution is -2.36. The summed E-state index contributed by atoms with van der Waals surface area (Å²) in [6.45, 7) is 2.23. The smallest absolute Gasteiger partial charge is 0.335 e. The molecule has 1 unspecified atom stereocenters. The molecule has 1 fully saturated rings. The summed E-state index contributed by atoms with van der Waals surface area (Å²) in [5.74, 6) is -1.63. The number of hydrazine groups is 1. The first-order chi connectivity index (χ1) is 26.0. The summed E-state index contributed by atoms with van der Waals surface area (Å²) in [5.41, 5.74) is 4.30. The number of halogens is 4. The first-order valence-corrected chi connectivity index (χ1v) is 20.2. The maximum absolute atomic E-state index is 14.1. The maximum Gasteiger partial charge on any atom is 0.335 e. The quantitative estimate of drug-likeness (QED) is 0.0783. The number of hydrogen-bond donors (Lipinski definition) is 3. The molecule has 0 radical (unpaired) electrons. The predicted molar refractivity (Wildman–Crippen MR) is 216 cm³/mol. The van der Waals surface area contributed by atoms with Crippen LogP contribution in [0.4, 0.5) is 17.1 Å². The van der Waals surface area contributed by atoms with Crippen LogP contribution in [0.2, 0.25) is 20.1 Å². The largest absolute Gasteiger partial charge is 0.478 e. The highest BCUT2D eigenvalue weighted by Gasteiger charge is 2.42. The number of amidine groups is 1. The molecule has 17 heteroatoms. The lowest BCUT2D eigenvalue weighted by Gasteiger charge is -2.19. The molecule has 2 amide bonds. The Morgan fingerprint density at radius 2 is 1.56 bits per heavy atom. The van der Waals surface area contributed by atoms with Crippen LogP contribution < -0.4 is 15.8 Å². The van der Waals surface area contributed by atoms with Gasteiger partial charge in [-0.15, -0.1) is 5.10 Å². The maximum atomic E-state index is 14.1. The monoisotopic (exact) mass is 832 g/mol. The molecule has 0 bridgehead atoms. The van der Waals surface area contributed by atoms with Crippen molar-refractivity contribution in [1.29, 1.82) is 0 Å². The van der Waals surface area contributed by atoms with Gasteiger partial charge in [-0.1, -0.05) is 135 Å². The summed E-state index contributed by atoms with van der Waals surface area (Å²) < 4.78 is 1.31. The molecule has 54 heavy (non-hydrogen) atoms. The van der Waals surface area contributed by atoms with Gasteiger partial charge in [0.15, 0.2) is 5.25 Å². The average molecular weight is 835 g/mol. The summed E-state index contributed by atoms with van der Waals surface area (Å²) >= 11 is 26.7. The minimum atomic E-state index is -1.12. The minimum Gasteiger partial charge on any atom is -0.478 e. The van der Waals surface area contributed by atoms with E-state index in [1.54, 1.807) is 30.3 Å². The molecule has 1 aliphatic heterocycles. The number of carboxylic acids is 1. The number of aliphatic imine (C=N–C) groups is 1. The van der Waals surface area contributed by atoms with Crippen LogP contribution in [-0.2, 0) is 9.59 Å². The van der Waals surface area contributed by atoms with Crippen molar-refractivity contribution >= 4 is 98.8 Å². The van der Waals surface area contributed by atoms with E-state index in [0.29, 0.717) is 17.8 Å². The number of unbranched alkanes of at least 4 members (excludes halogenated alkanes) is 10. The van der Waals surface area contributed by atoms with E-state index >= 15 is 0 Å². The number of carbonyl (C=O) groups is 3. The van der Waals surface area contributed by atoms with Gasteiger partial charge < -0.3 is 10.4 Å². The van der Waals surface area contributed by atoms with Crippen molar-refractivity contribution < 1.29 is 19.5 Å². The van der Waals surface area contributed by atoms with E-state index in [2.05, 4.69) is 33.2 Å². The molecule has 3 aromatic carbocycles. The molecule has 1 aromatic heterocycles. The van der Waals surface area contributed by atoms with E-state index in [-0.39, 0.29) is 53.9 Å². The van der Waals surface area contributed by atoms with Crippen LogP contribution >= 0.6 is 58.2 Å². The van der Waals surface area contributed by atoms with Gasteiger partial charge in [-0.2, -0.15) is 4.68 Å². The summed E-state index contributed by atoms with van der Waals surface area (Å²) in [4.78, 5) is 43.3. The Bertz CT molecular complexity index is 1970. The lowest BCUT2D eigenvalue weighted by molar-refractivity contribution is -0.117. The number of carboxylic acid groups (broad SMARTS) is 1. The molecule has 0 saturated carbocycles. The van der Waals surface area contributed by atoms with E-state index in [9.17, 15) is 19.5 Å². The zero-order valence-corrected chi connectivity index (χ0v) is 33.4. The third kappa shape index (κ3) is 11.1. The molecule has 286 valence electrons. The molecule has 3 N–H and O–H groups in total. The van der Waals surface area contributed by atoms with Crippen LogP contribution in [0.3, 0.4) is 0 Å². The second-order valence-electron chi connectivity index (χ2n) is 12.7. The molecule has 5 rings (SSSR count). The van der Waals surface area contributed by atoms with Crippen LogP contribution in [-0.4, -0.2) is 54.2 Å². The van der Waals surface area contributed by atoms with E-state index in [1.807, 2.05) is 0 Å². The average Bonchev–Trinajstić information content (AvgIpc) is 3.72. The Hall–Kier alpha value is -3.88. The fourth-order valence-electron chi connectivity index (χ4n) is 5.84. The third-order valence-corrected chi connectivity index (χ3v) is 10.8. The first-order valence-electron chi connectivity index (χ1n) is 17.8. The van der Waals surface area contributed by atoms with Crippen molar-refractivity contribution in [3.05, 3.63) is 80.3 Å². The van der Waals surface area contributed by atoms with Crippen LogP contribution in [0.1, 0.15) is 94.3 Å². The summed E-state index contributed by atoms with van der Waals surface area (Å²) in [5, 5.41) is 25.3. The topological polar surface area (TPSA) is 155 Å². The van der Waals surface area contributed by atoms with E-state index in [4.69, 9.17) is 51.4 Å². The zero-order valence-electron chi connectivity index (χ0n) is 29.5. The second-order valence-corrected chi connectivity index (χ2v) is 15.5. The third-order valence-electron chi connectivity index (χ3n) is 8.60. The number of anilines is 2. The minimum absolute atomic E-state index is 0.0263. The van der Waals surface area contributed by atoms with Crippen molar-refractivity contribution in [2.45, 2.75) is 94.4 Å². The number of thioether (sulfide) groups is 1. The van der Waals surface area contributed by atoms with Crippen LogP contribution in [0, 0.1) is 0 Å². The van der Waals surface area contributed by atoms with Gasteiger partial charge in [0.25, 0.3) is 5.91 Å². The van der Waals surface area contributed by atoms with Crippen molar-refractivity contribution in [3.8, 4) is 5.69 Å². The number of hydrogen-bond acceptors (Lipinski definition) is 8. The number of nitrogens with zero attached hydrogens (tertiary/aromatic N) is 6. The SMILES string of the molecule is CCCCCCCCCCCCCC(=O)Nc1ccc(Cl)c(N=C2NN(c3c(Cl)cc(Cl)cc3Cl)C(=O)C2Sc2nnnn2-c2cccc(C(=O)O)c2)c1. The van der Waals surface area contributed by atoms with Gasteiger partial charge in [-0.3, -0.25) is 15.0 Å². The molecule has 4 aromatic rings. The first kappa shape index (κ1) is 41.3. The highest BCUT2D eigenvalue weighted by atomic mass is 35.5. The van der Waals surface area contributed by atoms with Crippen molar-refractivity contribution in [1.82, 2.24) is 25.6 Å². The summed E-state index contributed by atoms with van der Waals surface area (Å²) in [7, 11) is 0. The molecule has 12 nitrogen and oxygen atoms in total. The Labute approximate surface area is 337 Å². The number of tetrazole rings is 1. The number of carbonyl (C=O) groups excluding carboxylic acids is 2. The van der Waals surface area contributed by atoms with E-state index in [1.165, 1.54) is 80.3 Å². The van der Waals surface area contributed by atoms with E-state index < -0.39 is 17.1 Å². The molecular formula is C37H40Cl4N8O4S. The Morgan fingerprint density at radius 1 is 0.889 bits per heavy atom. The van der Waals surface area contributed by atoms with Gasteiger partial charge in [0.1, 0.15) is 11.5 Å². The highest BCUT2D eigenvalue weighted by molar-refractivity contribution is 8.01. The van der Waals surface area contributed by atoms with E-state index in [0.717, 1.165) is 36.0 Å². The Balaban J connectivity index is 1.32. The van der Waals surface area contributed by atoms with Gasteiger partial charge in [0.05, 0.1) is 32.0 Å². The zero-order chi connectivity index (χ0) is 38.6. The van der Waals surface area contributed by atoms with Gasteiger partial charge in [-0.05, 0) is 65.4 Å². The fraction of sp³-hybridized carbons (Fsp3) is 0.378. The van der Waals surface area contributed by atoms with Gasteiger partial charge in [0, 0.05) is 17.1 Å². The number of nitrogens with one attached hydrogen (secondary N) is 2. The summed E-state index contributed by atoms with van der Waals surface area (Å²) in [6.07, 6.45) is 13.5. The summed E-state index contributed by atoms with van der Waals surface area (Å²) in [6, 6.07) is 13.8. The van der Waals surface area contributed by atoms with Gasteiger partial charge in [0.2, 0.25) is 11.1 Å². The molecule has 1 aliphatic rings. The molecular weight excluding hydrogens is 794 g/mol. The van der Waals surface area contributed by atoms with Gasteiger partial charge in [-0.25, -0.2) is 14.8 Å². The highest BCUT2D eigenvalue weighted by Crippen LogP contribution is 2.40. The molecule has 0 aliphatic carbocycles. The number of benzene rings is 3. The fourth-order valence-corrected chi connectivity index (χ4v) is 7.94. The van der Waals surface area contributed by atoms with Gasteiger partial charge >= 0.3 is 5.97 Å². The van der Waals surface area contributed by atoms with Crippen molar-refractivity contribution in [3.63, 3.8) is 0 Å².